The van der Waals surface area contributed by atoms with E-state index in [0.29, 0.717) is 11.3 Å². The van der Waals surface area contributed by atoms with Crippen LogP contribution in [0.5, 0.6) is 0 Å². The van der Waals surface area contributed by atoms with E-state index in [1.165, 1.54) is 11.6 Å². The van der Waals surface area contributed by atoms with Gasteiger partial charge in [0.05, 0.1) is 5.58 Å². The van der Waals surface area contributed by atoms with Crippen molar-refractivity contribution in [2.75, 3.05) is 0 Å². The zero-order valence-corrected chi connectivity index (χ0v) is 22.9. The summed E-state index contributed by atoms with van der Waals surface area (Å²) >= 11 is 1.62. The predicted molar refractivity (Wildman–Crippen MR) is 147 cm³/mol. The molecule has 0 atom stereocenters. The molecule has 7 aromatic rings. The van der Waals surface area contributed by atoms with Crippen LogP contribution in [0.15, 0.2) is 95.0 Å². The first-order valence-corrected chi connectivity index (χ1v) is 12.2. The van der Waals surface area contributed by atoms with Gasteiger partial charge in [-0.15, -0.1) is 54.1 Å². The summed E-state index contributed by atoms with van der Waals surface area (Å²) in [5, 5.41) is 4.79. The largest absolute Gasteiger partial charge is 0.486 e. The van der Waals surface area contributed by atoms with E-state index in [-0.39, 0.29) is 25.8 Å². The number of furan rings is 1. The molecule has 0 bridgehead atoms. The molecule has 0 fully saturated rings. The second-order valence-corrected chi connectivity index (χ2v) is 9.16. The van der Waals surface area contributed by atoms with E-state index >= 15 is 0 Å². The van der Waals surface area contributed by atoms with Gasteiger partial charge in [-0.3, -0.25) is 0 Å². The summed E-state index contributed by atoms with van der Waals surface area (Å²) in [5.74, 6) is 0. The van der Waals surface area contributed by atoms with Gasteiger partial charge in [0.15, 0.2) is 0 Å². The van der Waals surface area contributed by atoms with Gasteiger partial charge < -0.3 is 14.4 Å². The van der Waals surface area contributed by atoms with Crippen molar-refractivity contribution in [3.8, 4) is 22.5 Å². The van der Waals surface area contributed by atoms with Gasteiger partial charge >= 0.3 is 0 Å². The van der Waals surface area contributed by atoms with E-state index in [1.54, 1.807) is 23.6 Å². The Morgan fingerprint density at radius 2 is 1.86 bits per heavy atom. The van der Waals surface area contributed by atoms with E-state index < -0.39 is 6.85 Å². The summed E-state index contributed by atoms with van der Waals surface area (Å²) in [6, 6.07) is 29.3. The van der Waals surface area contributed by atoms with Gasteiger partial charge in [0.1, 0.15) is 0 Å². The molecule has 1 radical (unpaired) electrons. The van der Waals surface area contributed by atoms with Crippen LogP contribution in [0.3, 0.4) is 0 Å². The van der Waals surface area contributed by atoms with Crippen LogP contribution in [-0.2, 0) is 20.1 Å². The van der Waals surface area contributed by atoms with Gasteiger partial charge in [0.2, 0.25) is 5.71 Å². The summed E-state index contributed by atoms with van der Waals surface area (Å²) in [6.07, 6.45) is 3.64. The second kappa shape index (κ2) is 10.7. The minimum Gasteiger partial charge on any atom is -0.486 e. The van der Waals surface area contributed by atoms with E-state index in [9.17, 15) is 0 Å². The standard InChI is InChI=1S/C19H11N2OS.C12H10N.Ir/c1-11-5-6-14-13-3-2-4-15(17(13)22-19(14)21-11)16-18-12(7-9-20-16)8-10-23-18;1-10-7-8-12(13-9-10)11-5-3-2-4-6-11;/h2-3,5-10H,1H3;2-5,7-9H,1H3;/q2*-1;/i1D3;;. The SMILES string of the molecule is Cc1ccc(-c2[c-]cccc2)nc1.[2H]C([2H])([2H])c1ccc2c(n1)oc1c(-c3nccc4ccsc34)[c-]ccc12.[Ir]. The van der Waals surface area contributed by atoms with E-state index in [2.05, 4.69) is 33.2 Å². The van der Waals surface area contributed by atoms with Crippen LogP contribution >= 0.6 is 11.3 Å². The topological polar surface area (TPSA) is 51.8 Å². The molecule has 7 rings (SSSR count). The summed E-state index contributed by atoms with van der Waals surface area (Å²) in [7, 11) is 0. The van der Waals surface area contributed by atoms with Gasteiger partial charge in [-0.2, -0.15) is 11.3 Å². The molecule has 0 aliphatic carbocycles. The Hall–Kier alpha value is -3.70. The predicted octanol–water partition coefficient (Wildman–Crippen LogP) is 8.22. The first-order chi connectivity index (χ1) is 18.9. The van der Waals surface area contributed by atoms with Crippen LogP contribution < -0.4 is 0 Å². The molecule has 5 heterocycles. The Labute approximate surface area is 236 Å². The molecule has 183 valence electrons. The van der Waals surface area contributed by atoms with E-state index in [0.717, 1.165) is 43.4 Å². The Balaban J connectivity index is 0.000000195. The number of hydrogen-bond acceptors (Lipinski definition) is 5. The molecule has 2 aromatic carbocycles. The fourth-order valence-corrected chi connectivity index (χ4v) is 4.94. The molecule has 6 heteroatoms. The van der Waals surface area contributed by atoms with Crippen LogP contribution in [0.4, 0.5) is 0 Å². The van der Waals surface area contributed by atoms with Crippen molar-refractivity contribution in [1.82, 2.24) is 15.0 Å². The maximum absolute atomic E-state index is 7.55. The first kappa shape index (κ1) is 21.4. The third-order valence-corrected chi connectivity index (χ3v) is 6.74. The molecule has 0 unspecified atom stereocenters. The number of rotatable bonds is 2. The van der Waals surface area contributed by atoms with Crippen molar-refractivity contribution < 1.29 is 28.6 Å². The van der Waals surface area contributed by atoms with Crippen LogP contribution in [0.25, 0.3) is 54.7 Å². The number of nitrogens with zero attached hydrogens (tertiary/aromatic N) is 3. The number of benzene rings is 2. The molecule has 0 spiro atoms. The fourth-order valence-electron chi connectivity index (χ4n) is 4.05. The quantitative estimate of drug-likeness (QED) is 0.173. The zero-order valence-electron chi connectivity index (χ0n) is 22.7. The van der Waals surface area contributed by atoms with Crippen LogP contribution in [0.1, 0.15) is 15.4 Å². The normalized spacial score (nSPS) is 12.3. The molecular formula is C31H21IrN3OS-2. The first-order valence-electron chi connectivity index (χ1n) is 12.9. The minimum absolute atomic E-state index is 0. The molecule has 0 aliphatic rings. The second-order valence-electron chi connectivity index (χ2n) is 8.24. The van der Waals surface area contributed by atoms with Crippen molar-refractivity contribution >= 4 is 43.5 Å². The molecule has 37 heavy (non-hydrogen) atoms. The van der Waals surface area contributed by atoms with Crippen LogP contribution in [0.2, 0.25) is 0 Å². The minimum atomic E-state index is -2.27. The zero-order chi connectivity index (χ0) is 27.0. The average molecular weight is 679 g/mol. The fraction of sp³-hybridized carbons (Fsp3) is 0.0645. The summed E-state index contributed by atoms with van der Waals surface area (Å²) in [4.78, 5) is 13.1. The third-order valence-electron chi connectivity index (χ3n) is 5.80. The van der Waals surface area contributed by atoms with E-state index in [4.69, 9.17) is 8.53 Å². The maximum Gasteiger partial charge on any atom is 0.216 e. The van der Waals surface area contributed by atoms with Crippen molar-refractivity contribution in [2.45, 2.75) is 13.8 Å². The van der Waals surface area contributed by atoms with Gasteiger partial charge in [-0.1, -0.05) is 23.1 Å². The Morgan fingerprint density at radius 1 is 0.919 bits per heavy atom. The van der Waals surface area contributed by atoms with Gasteiger partial charge in [0.25, 0.3) is 0 Å². The summed E-state index contributed by atoms with van der Waals surface area (Å²) < 4.78 is 29.7. The monoisotopic (exact) mass is 679 g/mol. The van der Waals surface area contributed by atoms with E-state index in [1.807, 2.05) is 73.1 Å². The Bertz CT molecular complexity index is 1920. The molecule has 5 aromatic heterocycles. The molecule has 0 N–H and O–H groups in total. The van der Waals surface area contributed by atoms with Crippen LogP contribution in [-0.4, -0.2) is 15.0 Å². The molecule has 0 amide bonds. The van der Waals surface area contributed by atoms with Crippen molar-refractivity contribution in [2.24, 2.45) is 0 Å². The van der Waals surface area contributed by atoms with Crippen molar-refractivity contribution in [1.29, 1.82) is 0 Å². The summed E-state index contributed by atoms with van der Waals surface area (Å²) in [5.41, 5.74) is 5.71. The Morgan fingerprint density at radius 3 is 2.68 bits per heavy atom. The van der Waals surface area contributed by atoms with Gasteiger partial charge in [-0.05, 0) is 60.1 Å². The number of fused-ring (bicyclic) bond motifs is 4. The molecule has 0 saturated heterocycles. The molecule has 0 aliphatic heterocycles. The number of thiophene rings is 1. The van der Waals surface area contributed by atoms with Crippen LogP contribution in [0, 0.1) is 25.9 Å². The number of aryl methyl sites for hydroxylation is 2. The average Bonchev–Trinajstić information content (AvgIpc) is 3.58. The number of aromatic nitrogens is 3. The smallest absolute Gasteiger partial charge is 0.216 e. The number of hydrogen-bond donors (Lipinski definition) is 0. The third kappa shape index (κ3) is 4.96. The van der Waals surface area contributed by atoms with Gasteiger partial charge in [0, 0.05) is 58.1 Å². The molecule has 0 saturated carbocycles. The maximum atomic E-state index is 7.55. The number of pyridine rings is 3. The Kier molecular flexibility index (Phi) is 6.20. The van der Waals surface area contributed by atoms with Crippen molar-refractivity contribution in [3.63, 3.8) is 0 Å². The van der Waals surface area contributed by atoms with Gasteiger partial charge in [-0.25, -0.2) is 4.98 Å². The summed E-state index contributed by atoms with van der Waals surface area (Å²) in [6.45, 7) is -0.238. The molecule has 4 nitrogen and oxygen atoms in total. The van der Waals surface area contributed by atoms with Crippen molar-refractivity contribution in [3.05, 3.63) is 114 Å². The molecular weight excluding hydrogens is 655 g/mol.